The third kappa shape index (κ3) is 3.57. The number of hydrogen-bond donors (Lipinski definition) is 0. The van der Waals surface area contributed by atoms with Crippen molar-refractivity contribution in [2.24, 2.45) is 0 Å². The summed E-state index contributed by atoms with van der Waals surface area (Å²) in [5.74, 6) is -0.0335. The van der Waals surface area contributed by atoms with Crippen molar-refractivity contribution in [2.75, 3.05) is 51.4 Å². The Hall–Kier alpha value is -2.84. The molecule has 168 valence electrons. The summed E-state index contributed by atoms with van der Waals surface area (Å²) in [4.78, 5) is 17.0. The zero-order valence-corrected chi connectivity index (χ0v) is 17.6. The van der Waals surface area contributed by atoms with Crippen LogP contribution in [0.15, 0.2) is 59.7 Å². The van der Waals surface area contributed by atoms with Crippen molar-refractivity contribution in [3.8, 4) is 0 Å². The lowest BCUT2D eigenvalue weighted by atomic mass is 9.90. The molecule has 1 amide bonds. The standard InChI is InChI=1S/C24H23F3N2O3/c1-31-23(14-32-15-23)20-4-2-3-16(9-20)22(30)29-12-17-10-28(11-18(17)13-29)21-7-5-19(6-8-21)24(25,26)27/h2-9H,10-15H2,1H3. The topological polar surface area (TPSA) is 42.0 Å². The van der Waals surface area contributed by atoms with Gasteiger partial charge in [0.15, 0.2) is 0 Å². The highest BCUT2D eigenvalue weighted by atomic mass is 19.4. The largest absolute Gasteiger partial charge is 0.416 e. The molecule has 0 spiro atoms. The van der Waals surface area contributed by atoms with Crippen LogP contribution in [0.1, 0.15) is 21.5 Å². The Balaban J connectivity index is 1.24. The number of hydrogen-bond acceptors (Lipinski definition) is 4. The van der Waals surface area contributed by atoms with Gasteiger partial charge in [0.25, 0.3) is 5.91 Å². The van der Waals surface area contributed by atoms with Gasteiger partial charge in [0, 0.05) is 44.5 Å². The SMILES string of the molecule is COC1(c2cccc(C(=O)N3CC4=C(C3)CN(c3ccc(C(F)(F)F)cc3)C4)c2)COC1. The van der Waals surface area contributed by atoms with E-state index >= 15 is 0 Å². The average molecular weight is 444 g/mol. The van der Waals surface area contributed by atoms with E-state index in [1.807, 2.05) is 34.1 Å². The fourth-order valence-electron chi connectivity index (χ4n) is 4.58. The van der Waals surface area contributed by atoms with Crippen molar-refractivity contribution in [1.29, 1.82) is 0 Å². The fourth-order valence-corrected chi connectivity index (χ4v) is 4.58. The minimum absolute atomic E-state index is 0.0335. The lowest BCUT2D eigenvalue weighted by molar-refractivity contribution is -0.202. The maximum Gasteiger partial charge on any atom is 0.416 e. The van der Waals surface area contributed by atoms with Crippen LogP contribution in [0, 0.1) is 0 Å². The van der Waals surface area contributed by atoms with Crippen LogP contribution in [-0.2, 0) is 21.3 Å². The number of ether oxygens (including phenoxy) is 2. The summed E-state index contributed by atoms with van der Waals surface area (Å²) in [6, 6.07) is 12.8. The van der Waals surface area contributed by atoms with Crippen LogP contribution < -0.4 is 4.90 Å². The number of carbonyl (C=O) groups excluding carboxylic acids is 1. The van der Waals surface area contributed by atoms with E-state index in [9.17, 15) is 18.0 Å². The Bertz CT molecular complexity index is 1050. The van der Waals surface area contributed by atoms with Crippen LogP contribution in [0.5, 0.6) is 0 Å². The number of anilines is 1. The lowest BCUT2D eigenvalue weighted by Crippen LogP contribution is -2.48. The van der Waals surface area contributed by atoms with Gasteiger partial charge in [0.1, 0.15) is 5.60 Å². The maximum absolute atomic E-state index is 13.1. The van der Waals surface area contributed by atoms with Gasteiger partial charge in [-0.05, 0) is 53.1 Å². The molecule has 0 atom stereocenters. The van der Waals surface area contributed by atoms with Gasteiger partial charge >= 0.3 is 6.18 Å². The molecule has 1 saturated heterocycles. The first-order chi connectivity index (χ1) is 15.3. The molecule has 0 unspecified atom stereocenters. The van der Waals surface area contributed by atoms with Crippen LogP contribution in [0.3, 0.4) is 0 Å². The van der Waals surface area contributed by atoms with E-state index in [0.29, 0.717) is 45.0 Å². The Kier molecular flexibility index (Phi) is 5.02. The summed E-state index contributed by atoms with van der Waals surface area (Å²) in [5.41, 5.74) is 3.50. The number of benzene rings is 2. The molecule has 0 bridgehead atoms. The zero-order chi connectivity index (χ0) is 22.5. The number of alkyl halides is 3. The van der Waals surface area contributed by atoms with Crippen molar-refractivity contribution in [1.82, 2.24) is 4.90 Å². The highest BCUT2D eigenvalue weighted by Gasteiger charge is 2.41. The number of rotatable bonds is 4. The van der Waals surface area contributed by atoms with Crippen LogP contribution in [0.4, 0.5) is 18.9 Å². The highest BCUT2D eigenvalue weighted by molar-refractivity contribution is 5.95. The summed E-state index contributed by atoms with van der Waals surface area (Å²) in [6.45, 7) is 3.26. The first kappa shape index (κ1) is 21.0. The monoisotopic (exact) mass is 444 g/mol. The fraction of sp³-hybridized carbons (Fsp3) is 0.375. The molecule has 5 rings (SSSR count). The molecule has 2 aromatic rings. The number of carbonyl (C=O) groups is 1. The Morgan fingerprint density at radius 1 is 1.00 bits per heavy atom. The molecular formula is C24H23F3N2O3. The number of halogens is 3. The van der Waals surface area contributed by atoms with Gasteiger partial charge < -0.3 is 19.3 Å². The van der Waals surface area contributed by atoms with Crippen molar-refractivity contribution in [3.05, 3.63) is 76.4 Å². The van der Waals surface area contributed by atoms with Gasteiger partial charge in [-0.3, -0.25) is 4.79 Å². The maximum atomic E-state index is 13.1. The molecule has 0 radical (unpaired) electrons. The van der Waals surface area contributed by atoms with Crippen molar-refractivity contribution in [2.45, 2.75) is 11.8 Å². The second-order valence-corrected chi connectivity index (χ2v) is 8.54. The summed E-state index contributed by atoms with van der Waals surface area (Å²) in [7, 11) is 1.65. The number of methoxy groups -OCH3 is 1. The minimum atomic E-state index is -4.34. The molecule has 8 heteroatoms. The van der Waals surface area contributed by atoms with Gasteiger partial charge in [-0.2, -0.15) is 13.2 Å². The summed E-state index contributed by atoms with van der Waals surface area (Å²) >= 11 is 0. The Morgan fingerprint density at radius 2 is 1.66 bits per heavy atom. The van der Waals surface area contributed by atoms with E-state index < -0.39 is 17.3 Å². The quantitative estimate of drug-likeness (QED) is 0.672. The van der Waals surface area contributed by atoms with Crippen molar-refractivity contribution >= 4 is 11.6 Å². The minimum Gasteiger partial charge on any atom is -0.375 e. The zero-order valence-electron chi connectivity index (χ0n) is 17.6. The normalized spacial score (nSPS) is 19.9. The Labute approximate surface area is 184 Å². The van der Waals surface area contributed by atoms with Crippen LogP contribution in [0.2, 0.25) is 0 Å². The van der Waals surface area contributed by atoms with E-state index in [-0.39, 0.29) is 5.91 Å². The molecule has 3 aliphatic rings. The molecule has 0 N–H and O–H groups in total. The summed E-state index contributed by atoms with van der Waals surface area (Å²) in [5, 5.41) is 0. The Morgan fingerprint density at radius 3 is 2.19 bits per heavy atom. The third-order valence-electron chi connectivity index (χ3n) is 6.57. The van der Waals surface area contributed by atoms with Gasteiger partial charge in [0.05, 0.1) is 18.8 Å². The van der Waals surface area contributed by atoms with Crippen molar-refractivity contribution < 1.29 is 27.4 Å². The van der Waals surface area contributed by atoms with E-state index in [1.54, 1.807) is 7.11 Å². The third-order valence-corrected chi connectivity index (χ3v) is 6.57. The van der Waals surface area contributed by atoms with Crippen molar-refractivity contribution in [3.63, 3.8) is 0 Å². The molecule has 0 aromatic heterocycles. The molecule has 3 heterocycles. The molecule has 0 aliphatic carbocycles. The number of amides is 1. The van der Waals surface area contributed by atoms with Gasteiger partial charge in [-0.1, -0.05) is 12.1 Å². The molecule has 32 heavy (non-hydrogen) atoms. The molecule has 0 saturated carbocycles. The average Bonchev–Trinajstić information content (AvgIpc) is 3.32. The van der Waals surface area contributed by atoms with Gasteiger partial charge in [-0.15, -0.1) is 0 Å². The van der Waals surface area contributed by atoms with E-state index in [2.05, 4.69) is 0 Å². The predicted molar refractivity (Wildman–Crippen MR) is 113 cm³/mol. The first-order valence-electron chi connectivity index (χ1n) is 10.4. The molecule has 3 aliphatic heterocycles. The summed E-state index contributed by atoms with van der Waals surface area (Å²) < 4.78 is 49.4. The molecule has 2 aromatic carbocycles. The lowest BCUT2D eigenvalue weighted by Gasteiger charge is -2.40. The summed E-state index contributed by atoms with van der Waals surface area (Å²) in [6.07, 6.45) is -4.34. The van der Waals surface area contributed by atoms with Crippen LogP contribution in [0.25, 0.3) is 0 Å². The van der Waals surface area contributed by atoms with Gasteiger partial charge in [-0.25, -0.2) is 0 Å². The second-order valence-electron chi connectivity index (χ2n) is 8.54. The molecule has 5 nitrogen and oxygen atoms in total. The predicted octanol–water partition coefficient (Wildman–Crippen LogP) is 3.85. The van der Waals surface area contributed by atoms with E-state index in [1.165, 1.54) is 12.1 Å². The van der Waals surface area contributed by atoms with Gasteiger partial charge in [0.2, 0.25) is 0 Å². The van der Waals surface area contributed by atoms with E-state index in [0.717, 1.165) is 34.5 Å². The van der Waals surface area contributed by atoms with E-state index in [4.69, 9.17) is 9.47 Å². The number of nitrogens with zero attached hydrogens (tertiary/aromatic N) is 2. The van der Waals surface area contributed by atoms with Crippen LogP contribution >= 0.6 is 0 Å². The van der Waals surface area contributed by atoms with Crippen LogP contribution in [-0.4, -0.2) is 57.3 Å². The second kappa shape index (κ2) is 7.64. The molecular weight excluding hydrogens is 421 g/mol. The first-order valence-corrected chi connectivity index (χ1v) is 10.4. The highest BCUT2D eigenvalue weighted by Crippen LogP contribution is 2.35. The smallest absolute Gasteiger partial charge is 0.375 e. The molecule has 1 fully saturated rings.